The molecule has 138 valence electrons. The van der Waals surface area contributed by atoms with Crippen LogP contribution in [-0.2, 0) is 4.74 Å². The number of nitrogens with zero attached hydrogens (tertiary/aromatic N) is 1. The Kier molecular flexibility index (Phi) is 6.74. The summed E-state index contributed by atoms with van der Waals surface area (Å²) in [7, 11) is 0. The molecule has 2 amide bonds. The van der Waals surface area contributed by atoms with Crippen LogP contribution in [0.4, 0.5) is 10.5 Å². The van der Waals surface area contributed by atoms with Crippen molar-refractivity contribution in [3.63, 3.8) is 0 Å². The van der Waals surface area contributed by atoms with E-state index in [0.29, 0.717) is 22.3 Å². The number of benzene rings is 1. The molecular formula is C17H23Cl2N3O2S. The minimum Gasteiger partial charge on any atom is -0.379 e. The van der Waals surface area contributed by atoms with Gasteiger partial charge in [0.25, 0.3) is 0 Å². The number of ether oxygens (including phenoxy) is 1. The van der Waals surface area contributed by atoms with Gasteiger partial charge in [-0.05, 0) is 42.5 Å². The van der Waals surface area contributed by atoms with Gasteiger partial charge in [-0.1, -0.05) is 23.2 Å². The largest absolute Gasteiger partial charge is 0.379 e. The van der Waals surface area contributed by atoms with Gasteiger partial charge in [-0.15, -0.1) is 0 Å². The van der Waals surface area contributed by atoms with Gasteiger partial charge in [-0.25, -0.2) is 4.79 Å². The average Bonchev–Trinajstić information content (AvgIpc) is 2.65. The predicted octanol–water partition coefficient (Wildman–Crippen LogP) is 3.71. The van der Waals surface area contributed by atoms with Crippen molar-refractivity contribution in [3.05, 3.63) is 28.2 Å². The first-order chi connectivity index (χ1) is 12.1. The van der Waals surface area contributed by atoms with E-state index in [2.05, 4.69) is 15.5 Å². The molecule has 0 radical (unpaired) electrons. The van der Waals surface area contributed by atoms with Crippen molar-refractivity contribution < 1.29 is 9.53 Å². The second kappa shape index (κ2) is 8.82. The van der Waals surface area contributed by atoms with E-state index in [4.69, 9.17) is 27.9 Å². The molecule has 0 saturated carbocycles. The molecule has 25 heavy (non-hydrogen) atoms. The molecule has 0 aliphatic carbocycles. The highest BCUT2D eigenvalue weighted by Gasteiger charge is 2.39. The number of amides is 2. The molecular weight excluding hydrogens is 381 g/mol. The number of carbonyl (C=O) groups is 1. The highest BCUT2D eigenvalue weighted by molar-refractivity contribution is 7.99. The quantitative estimate of drug-likeness (QED) is 0.804. The molecule has 0 bridgehead atoms. The third kappa shape index (κ3) is 4.95. The number of morpholine rings is 1. The average molecular weight is 404 g/mol. The Balaban J connectivity index is 1.60. The van der Waals surface area contributed by atoms with Gasteiger partial charge in [0.15, 0.2) is 0 Å². The number of hydrogen-bond acceptors (Lipinski definition) is 4. The molecule has 2 aliphatic rings. The second-order valence-corrected chi connectivity index (χ2v) is 8.41. The van der Waals surface area contributed by atoms with Gasteiger partial charge in [0, 0.05) is 30.9 Å². The predicted molar refractivity (Wildman–Crippen MR) is 105 cm³/mol. The van der Waals surface area contributed by atoms with E-state index in [1.54, 1.807) is 18.2 Å². The molecule has 0 atom stereocenters. The van der Waals surface area contributed by atoms with Crippen molar-refractivity contribution in [1.29, 1.82) is 0 Å². The first-order valence-corrected chi connectivity index (χ1v) is 10.4. The third-order valence-corrected chi connectivity index (χ3v) is 6.59. The maximum Gasteiger partial charge on any atom is 0.319 e. The standard InChI is InChI=1S/C17H23Cl2N3O2S/c18-14-2-1-13(11-15(14)19)21-16(23)20-12-17(3-9-25-10-4-17)22-5-7-24-8-6-22/h1-2,11H,3-10,12H2,(H2,20,21,23). The van der Waals surface area contributed by atoms with Crippen LogP contribution in [0.1, 0.15) is 12.8 Å². The zero-order chi connectivity index (χ0) is 17.7. The molecule has 5 nitrogen and oxygen atoms in total. The minimum atomic E-state index is -0.218. The Morgan fingerprint density at radius 1 is 1.20 bits per heavy atom. The van der Waals surface area contributed by atoms with Crippen molar-refractivity contribution in [2.24, 2.45) is 0 Å². The molecule has 2 N–H and O–H groups in total. The zero-order valence-electron chi connectivity index (χ0n) is 14.0. The van der Waals surface area contributed by atoms with Crippen LogP contribution in [0.2, 0.25) is 10.0 Å². The number of carbonyl (C=O) groups excluding carboxylic acids is 1. The second-order valence-electron chi connectivity index (χ2n) is 6.37. The molecule has 8 heteroatoms. The Morgan fingerprint density at radius 3 is 2.60 bits per heavy atom. The Labute approximate surface area is 162 Å². The van der Waals surface area contributed by atoms with Crippen molar-refractivity contribution in [3.8, 4) is 0 Å². The molecule has 1 aromatic rings. The first kappa shape index (κ1) is 19.1. The summed E-state index contributed by atoms with van der Waals surface area (Å²) in [5.41, 5.74) is 0.663. The molecule has 0 unspecified atom stereocenters. The van der Waals surface area contributed by atoms with Crippen LogP contribution in [0.5, 0.6) is 0 Å². The van der Waals surface area contributed by atoms with Crippen LogP contribution in [-0.4, -0.2) is 60.8 Å². The Hall–Kier alpha value is -0.660. The van der Waals surface area contributed by atoms with Crippen LogP contribution < -0.4 is 10.6 Å². The van der Waals surface area contributed by atoms with Crippen molar-refractivity contribution in [1.82, 2.24) is 10.2 Å². The number of thioether (sulfide) groups is 1. The molecule has 2 aliphatic heterocycles. The fourth-order valence-corrected chi connectivity index (χ4v) is 4.94. The van der Waals surface area contributed by atoms with Crippen molar-refractivity contribution >= 4 is 46.7 Å². The summed E-state index contributed by atoms with van der Waals surface area (Å²) in [6, 6.07) is 4.85. The van der Waals surface area contributed by atoms with Gasteiger partial charge >= 0.3 is 6.03 Å². The van der Waals surface area contributed by atoms with Crippen molar-refractivity contribution in [2.75, 3.05) is 49.7 Å². The van der Waals surface area contributed by atoms with Crippen LogP contribution in [0.3, 0.4) is 0 Å². The Morgan fingerprint density at radius 2 is 1.92 bits per heavy atom. The number of rotatable bonds is 4. The number of urea groups is 1. The van der Waals surface area contributed by atoms with Crippen LogP contribution in [0.15, 0.2) is 18.2 Å². The van der Waals surface area contributed by atoms with Crippen LogP contribution in [0.25, 0.3) is 0 Å². The maximum atomic E-state index is 12.3. The van der Waals surface area contributed by atoms with E-state index < -0.39 is 0 Å². The smallest absolute Gasteiger partial charge is 0.319 e. The normalized spacial score (nSPS) is 20.9. The zero-order valence-corrected chi connectivity index (χ0v) is 16.4. The van der Waals surface area contributed by atoms with Gasteiger partial charge in [-0.2, -0.15) is 11.8 Å². The number of halogens is 2. The minimum absolute atomic E-state index is 0.0318. The molecule has 2 heterocycles. The molecule has 2 fully saturated rings. The SMILES string of the molecule is O=C(NCC1(N2CCOCC2)CCSCC1)Nc1ccc(Cl)c(Cl)c1. The maximum absolute atomic E-state index is 12.3. The number of hydrogen-bond donors (Lipinski definition) is 2. The van der Waals surface area contributed by atoms with Crippen molar-refractivity contribution in [2.45, 2.75) is 18.4 Å². The third-order valence-electron chi connectivity index (χ3n) is 4.86. The highest BCUT2D eigenvalue weighted by atomic mass is 35.5. The topological polar surface area (TPSA) is 53.6 Å². The summed E-state index contributed by atoms with van der Waals surface area (Å²) in [6.07, 6.45) is 2.18. The Bertz CT molecular complexity index is 606. The molecule has 0 aromatic heterocycles. The van der Waals surface area contributed by atoms with Gasteiger partial charge < -0.3 is 15.4 Å². The number of anilines is 1. The fourth-order valence-electron chi connectivity index (χ4n) is 3.39. The van der Waals surface area contributed by atoms with E-state index in [1.807, 2.05) is 11.8 Å². The summed E-state index contributed by atoms with van der Waals surface area (Å²) in [5.74, 6) is 2.26. The molecule has 0 spiro atoms. The fraction of sp³-hybridized carbons (Fsp3) is 0.588. The van der Waals surface area contributed by atoms with Gasteiger partial charge in [0.2, 0.25) is 0 Å². The van der Waals surface area contributed by atoms with E-state index >= 15 is 0 Å². The lowest BCUT2D eigenvalue weighted by atomic mass is 9.89. The van der Waals surface area contributed by atoms with Crippen LogP contribution >= 0.6 is 35.0 Å². The molecule has 3 rings (SSSR count). The monoisotopic (exact) mass is 403 g/mol. The van der Waals surface area contributed by atoms with Crippen LogP contribution in [0, 0.1) is 0 Å². The summed E-state index contributed by atoms with van der Waals surface area (Å²) < 4.78 is 5.49. The summed E-state index contributed by atoms with van der Waals surface area (Å²) in [6.45, 7) is 4.04. The van der Waals surface area contributed by atoms with Gasteiger partial charge in [0.05, 0.1) is 23.3 Å². The van der Waals surface area contributed by atoms with Gasteiger partial charge in [0.1, 0.15) is 0 Å². The lowest BCUT2D eigenvalue weighted by molar-refractivity contribution is -0.0249. The summed E-state index contributed by atoms with van der Waals surface area (Å²) >= 11 is 13.9. The summed E-state index contributed by atoms with van der Waals surface area (Å²) in [5, 5.41) is 6.78. The van der Waals surface area contributed by atoms with E-state index in [9.17, 15) is 4.79 Å². The first-order valence-electron chi connectivity index (χ1n) is 8.50. The van der Waals surface area contributed by atoms with Gasteiger partial charge in [-0.3, -0.25) is 4.90 Å². The summed E-state index contributed by atoms with van der Waals surface area (Å²) in [4.78, 5) is 14.8. The highest BCUT2D eigenvalue weighted by Crippen LogP contribution is 2.33. The number of nitrogens with one attached hydrogen (secondary N) is 2. The molecule has 1 aromatic carbocycles. The molecule has 2 saturated heterocycles. The van der Waals surface area contributed by atoms with E-state index in [0.717, 1.165) is 50.7 Å². The lowest BCUT2D eigenvalue weighted by Gasteiger charge is -2.48. The lowest BCUT2D eigenvalue weighted by Crippen LogP contribution is -2.60. The van der Waals surface area contributed by atoms with E-state index in [1.165, 1.54) is 0 Å². The van der Waals surface area contributed by atoms with E-state index in [-0.39, 0.29) is 11.6 Å².